The van der Waals surface area contributed by atoms with Crippen LogP contribution in [-0.4, -0.2) is 23.6 Å². The molecule has 1 aromatic rings. The summed E-state index contributed by atoms with van der Waals surface area (Å²) in [7, 11) is -3.54. The van der Waals surface area contributed by atoms with Crippen molar-refractivity contribution in [1.29, 1.82) is 0 Å². The fourth-order valence-electron chi connectivity index (χ4n) is 2.24. The highest BCUT2D eigenvalue weighted by Gasteiger charge is 2.31. The molecule has 2 N–H and O–H groups in total. The molecule has 0 spiro atoms. The molecular weight excluding hydrogens is 276 g/mol. The van der Waals surface area contributed by atoms with Gasteiger partial charge in [-0.25, -0.2) is 13.1 Å². The van der Waals surface area contributed by atoms with Gasteiger partial charge in [-0.1, -0.05) is 13.8 Å². The molecule has 0 unspecified atom stereocenters. The monoisotopic (exact) mass is 300 g/mol. The Balaban J connectivity index is 2.30. The summed E-state index contributed by atoms with van der Waals surface area (Å²) in [6, 6.07) is 1.93. The largest absolute Gasteiger partial charge is 0.390 e. The number of nitrogens with zero attached hydrogens (tertiary/aromatic N) is 1. The van der Waals surface area contributed by atoms with Gasteiger partial charge in [-0.2, -0.15) is 0 Å². The molecule has 6 heteroatoms. The molecule has 5 nitrogen and oxygen atoms in total. The van der Waals surface area contributed by atoms with Crippen molar-refractivity contribution in [3.05, 3.63) is 18.0 Å². The van der Waals surface area contributed by atoms with Crippen LogP contribution in [0.25, 0.3) is 0 Å². The Morgan fingerprint density at radius 3 is 2.45 bits per heavy atom. The summed E-state index contributed by atoms with van der Waals surface area (Å²) in [6.45, 7) is 5.72. The molecule has 1 heterocycles. The third kappa shape index (κ3) is 3.07. The van der Waals surface area contributed by atoms with E-state index in [-0.39, 0.29) is 11.5 Å². The van der Waals surface area contributed by atoms with Gasteiger partial charge < -0.3 is 9.67 Å². The van der Waals surface area contributed by atoms with E-state index >= 15 is 0 Å². The van der Waals surface area contributed by atoms with Crippen LogP contribution in [0.3, 0.4) is 0 Å². The van der Waals surface area contributed by atoms with E-state index in [9.17, 15) is 13.5 Å². The van der Waals surface area contributed by atoms with Crippen molar-refractivity contribution in [1.82, 2.24) is 9.29 Å². The van der Waals surface area contributed by atoms with Crippen LogP contribution in [0.4, 0.5) is 0 Å². The summed E-state index contributed by atoms with van der Waals surface area (Å²) in [5.74, 6) is 0. The molecule has 20 heavy (non-hydrogen) atoms. The van der Waals surface area contributed by atoms with Crippen molar-refractivity contribution in [2.75, 3.05) is 0 Å². The number of aliphatic hydroxyl groups is 1. The zero-order chi connectivity index (χ0) is 15.0. The summed E-state index contributed by atoms with van der Waals surface area (Å²) in [5.41, 5.74) is 0.238. The summed E-state index contributed by atoms with van der Waals surface area (Å²) in [5, 5.41) is 9.36. The molecule has 0 aliphatic heterocycles. The number of rotatable bonds is 7. The van der Waals surface area contributed by atoms with Crippen LogP contribution in [0.5, 0.6) is 0 Å². The number of aliphatic hydroxyl groups excluding tert-OH is 1. The maximum absolute atomic E-state index is 12.5. The van der Waals surface area contributed by atoms with Gasteiger partial charge in [0.2, 0.25) is 10.0 Å². The highest BCUT2D eigenvalue weighted by molar-refractivity contribution is 7.89. The number of aromatic nitrogens is 1. The maximum Gasteiger partial charge on any atom is 0.242 e. The molecule has 0 radical (unpaired) electrons. The third-order valence-electron chi connectivity index (χ3n) is 4.26. The van der Waals surface area contributed by atoms with E-state index < -0.39 is 15.6 Å². The predicted octanol–water partition coefficient (Wildman–Crippen LogP) is 2.17. The number of nitrogens with one attached hydrogen (secondary N) is 1. The molecular formula is C14H24N2O3S. The second-order valence-corrected chi connectivity index (χ2v) is 7.52. The smallest absolute Gasteiger partial charge is 0.242 e. The zero-order valence-corrected chi connectivity index (χ0v) is 13.2. The Kier molecular flexibility index (Phi) is 4.27. The number of sulfonamides is 1. The fraction of sp³-hybridized carbons (Fsp3) is 0.714. The Labute approximate surface area is 121 Å². The van der Waals surface area contributed by atoms with Crippen LogP contribution < -0.4 is 4.72 Å². The molecule has 0 saturated heterocycles. The van der Waals surface area contributed by atoms with Crippen LogP contribution in [0, 0.1) is 0 Å². The van der Waals surface area contributed by atoms with Gasteiger partial charge in [-0.15, -0.1) is 0 Å². The minimum absolute atomic E-state index is 0.134. The van der Waals surface area contributed by atoms with Crippen LogP contribution >= 0.6 is 0 Å². The van der Waals surface area contributed by atoms with E-state index in [1.54, 1.807) is 12.3 Å². The molecule has 0 amide bonds. The summed E-state index contributed by atoms with van der Waals surface area (Å²) < 4.78 is 29.6. The van der Waals surface area contributed by atoms with E-state index in [0.29, 0.717) is 11.7 Å². The molecule has 1 aliphatic rings. The SMILES string of the molecule is CCC(C)(CC)NS(=O)(=O)c1cc(CO)n(C2CC2)c1. The van der Waals surface area contributed by atoms with Crippen molar-refractivity contribution in [3.63, 3.8) is 0 Å². The Morgan fingerprint density at radius 1 is 1.40 bits per heavy atom. The Hall–Kier alpha value is -0.850. The lowest BCUT2D eigenvalue weighted by Gasteiger charge is -2.27. The van der Waals surface area contributed by atoms with Crippen molar-refractivity contribution >= 4 is 10.0 Å². The van der Waals surface area contributed by atoms with Crippen LogP contribution in [0.1, 0.15) is 58.2 Å². The fourth-order valence-corrected chi connectivity index (χ4v) is 3.84. The van der Waals surface area contributed by atoms with E-state index in [2.05, 4.69) is 4.72 Å². The first-order valence-corrected chi connectivity index (χ1v) is 8.69. The van der Waals surface area contributed by atoms with Crippen molar-refractivity contribution in [2.24, 2.45) is 0 Å². The predicted molar refractivity (Wildman–Crippen MR) is 77.9 cm³/mol. The van der Waals surface area contributed by atoms with Crippen LogP contribution in [0.2, 0.25) is 0 Å². The Morgan fingerprint density at radius 2 is 2.00 bits per heavy atom. The van der Waals surface area contributed by atoms with E-state index in [1.807, 2.05) is 25.3 Å². The first-order chi connectivity index (χ1) is 9.35. The van der Waals surface area contributed by atoms with Gasteiger partial charge in [-0.3, -0.25) is 0 Å². The summed E-state index contributed by atoms with van der Waals surface area (Å²) in [6.07, 6.45) is 5.22. The zero-order valence-electron chi connectivity index (χ0n) is 12.4. The van der Waals surface area contributed by atoms with E-state index in [0.717, 1.165) is 25.7 Å². The highest BCUT2D eigenvalue weighted by Crippen LogP contribution is 2.37. The maximum atomic E-state index is 12.5. The van der Waals surface area contributed by atoms with Gasteiger partial charge in [0.15, 0.2) is 0 Å². The first-order valence-electron chi connectivity index (χ1n) is 7.21. The van der Waals surface area contributed by atoms with Crippen LogP contribution in [0.15, 0.2) is 17.2 Å². The van der Waals surface area contributed by atoms with Crippen molar-refractivity contribution < 1.29 is 13.5 Å². The quantitative estimate of drug-likeness (QED) is 0.810. The topological polar surface area (TPSA) is 71.3 Å². The lowest BCUT2D eigenvalue weighted by molar-refractivity contribution is 0.270. The molecule has 1 fully saturated rings. The molecule has 114 valence electrons. The standard InChI is InChI=1S/C14H24N2O3S/c1-4-14(3,5-2)15-20(18,19)13-8-12(10-17)16(9-13)11-6-7-11/h8-9,11,15,17H,4-7,10H2,1-3H3. The van der Waals surface area contributed by atoms with Gasteiger partial charge in [0.05, 0.1) is 6.61 Å². The molecule has 0 atom stereocenters. The number of hydrogen-bond acceptors (Lipinski definition) is 3. The van der Waals surface area contributed by atoms with E-state index in [1.165, 1.54) is 0 Å². The normalized spacial score (nSPS) is 16.6. The van der Waals surface area contributed by atoms with Gasteiger partial charge in [-0.05, 0) is 38.7 Å². The first kappa shape index (κ1) is 15.5. The summed E-state index contributed by atoms with van der Waals surface area (Å²) >= 11 is 0. The third-order valence-corrected chi connectivity index (χ3v) is 5.87. The van der Waals surface area contributed by atoms with Crippen LogP contribution in [-0.2, 0) is 16.6 Å². The highest BCUT2D eigenvalue weighted by atomic mass is 32.2. The Bertz CT molecular complexity index is 569. The molecule has 0 aromatic carbocycles. The van der Waals surface area contributed by atoms with Gasteiger partial charge in [0.25, 0.3) is 0 Å². The minimum atomic E-state index is -3.54. The average Bonchev–Trinajstić information content (AvgIpc) is 3.16. The van der Waals surface area contributed by atoms with Gasteiger partial charge >= 0.3 is 0 Å². The van der Waals surface area contributed by atoms with Crippen molar-refractivity contribution in [3.8, 4) is 0 Å². The second-order valence-electron chi connectivity index (χ2n) is 5.84. The number of hydrogen-bond donors (Lipinski definition) is 2. The molecule has 1 aromatic heterocycles. The van der Waals surface area contributed by atoms with Gasteiger partial charge in [0, 0.05) is 23.5 Å². The lowest BCUT2D eigenvalue weighted by atomic mass is 9.98. The minimum Gasteiger partial charge on any atom is -0.390 e. The lowest BCUT2D eigenvalue weighted by Crippen LogP contribution is -2.44. The molecule has 0 bridgehead atoms. The van der Waals surface area contributed by atoms with E-state index in [4.69, 9.17) is 0 Å². The molecule has 1 saturated carbocycles. The molecule has 1 aliphatic carbocycles. The van der Waals surface area contributed by atoms with Crippen molar-refractivity contribution in [2.45, 2.75) is 69.5 Å². The van der Waals surface area contributed by atoms with Gasteiger partial charge in [0.1, 0.15) is 4.90 Å². The second kappa shape index (κ2) is 5.50. The summed E-state index contributed by atoms with van der Waals surface area (Å²) in [4.78, 5) is 0.251. The molecule has 2 rings (SSSR count). The average molecular weight is 300 g/mol.